The third-order valence-corrected chi connectivity index (χ3v) is 3.43. The van der Waals surface area contributed by atoms with Crippen LogP contribution in [0.25, 0.3) is 0 Å². The van der Waals surface area contributed by atoms with Crippen molar-refractivity contribution in [2.24, 2.45) is 11.7 Å². The smallest absolute Gasteiger partial charge is 0.326 e. The predicted molar refractivity (Wildman–Crippen MR) is 69.2 cm³/mol. The zero-order valence-electron chi connectivity index (χ0n) is 10.9. The van der Waals surface area contributed by atoms with Crippen molar-refractivity contribution in [3.63, 3.8) is 0 Å². The van der Waals surface area contributed by atoms with Gasteiger partial charge in [-0.3, -0.25) is 0 Å². The standard InChI is InChI=1S/C13H16F3N3O/c1-8-6-19(7-10(8)17)12(20)18-11-5-3-2-4-9(11)13(14,15)16/h2-5,8,10H,6-7,17H2,1H3,(H,18,20). The molecule has 7 heteroatoms. The van der Waals surface area contributed by atoms with Crippen LogP contribution in [-0.2, 0) is 6.18 Å². The summed E-state index contributed by atoms with van der Waals surface area (Å²) in [4.78, 5) is 13.4. The molecule has 1 saturated heterocycles. The Kier molecular flexibility index (Phi) is 3.89. The first-order chi connectivity index (χ1) is 9.29. The van der Waals surface area contributed by atoms with Gasteiger partial charge in [0.05, 0.1) is 11.3 Å². The molecule has 2 rings (SSSR count). The minimum atomic E-state index is -4.50. The fraction of sp³-hybridized carbons (Fsp3) is 0.462. The molecule has 1 heterocycles. The summed E-state index contributed by atoms with van der Waals surface area (Å²) in [5, 5.41) is 2.31. The fourth-order valence-corrected chi connectivity index (χ4v) is 2.19. The minimum absolute atomic E-state index is 0.138. The molecule has 3 N–H and O–H groups in total. The molecule has 4 nitrogen and oxygen atoms in total. The molecule has 1 fully saturated rings. The highest BCUT2D eigenvalue weighted by molar-refractivity contribution is 5.90. The number of carbonyl (C=O) groups excluding carboxylic acids is 1. The van der Waals surface area contributed by atoms with Gasteiger partial charge in [-0.25, -0.2) is 4.79 Å². The lowest BCUT2D eigenvalue weighted by atomic mass is 10.1. The average molecular weight is 287 g/mol. The number of alkyl halides is 3. The first-order valence-corrected chi connectivity index (χ1v) is 6.26. The minimum Gasteiger partial charge on any atom is -0.326 e. The lowest BCUT2D eigenvalue weighted by molar-refractivity contribution is -0.136. The van der Waals surface area contributed by atoms with Crippen LogP contribution < -0.4 is 11.1 Å². The number of benzene rings is 1. The van der Waals surface area contributed by atoms with Crippen molar-refractivity contribution in [1.82, 2.24) is 4.90 Å². The van der Waals surface area contributed by atoms with E-state index in [2.05, 4.69) is 5.32 Å². The van der Waals surface area contributed by atoms with Crippen molar-refractivity contribution in [3.05, 3.63) is 29.8 Å². The molecule has 2 atom stereocenters. The summed E-state index contributed by atoms with van der Waals surface area (Å²) in [6.07, 6.45) is -4.50. The van der Waals surface area contributed by atoms with Gasteiger partial charge in [0.25, 0.3) is 0 Å². The van der Waals surface area contributed by atoms with Crippen molar-refractivity contribution in [3.8, 4) is 0 Å². The summed E-state index contributed by atoms with van der Waals surface area (Å²) in [5.41, 5.74) is 4.70. The largest absolute Gasteiger partial charge is 0.418 e. The summed E-state index contributed by atoms with van der Waals surface area (Å²) in [6.45, 7) is 2.70. The molecule has 2 unspecified atom stereocenters. The SMILES string of the molecule is CC1CN(C(=O)Nc2ccccc2C(F)(F)F)CC1N. The quantitative estimate of drug-likeness (QED) is 0.834. The van der Waals surface area contributed by atoms with Crippen molar-refractivity contribution >= 4 is 11.7 Å². The Morgan fingerprint density at radius 1 is 1.35 bits per heavy atom. The Hall–Kier alpha value is -1.76. The van der Waals surface area contributed by atoms with Gasteiger partial charge in [-0.05, 0) is 18.1 Å². The number of likely N-dealkylation sites (tertiary alicyclic amines) is 1. The molecule has 1 aliphatic rings. The second kappa shape index (κ2) is 5.32. The lowest BCUT2D eigenvalue weighted by Crippen LogP contribution is -2.35. The number of anilines is 1. The van der Waals surface area contributed by atoms with Gasteiger partial charge < -0.3 is 16.0 Å². The van der Waals surface area contributed by atoms with E-state index in [9.17, 15) is 18.0 Å². The first-order valence-electron chi connectivity index (χ1n) is 6.26. The normalized spacial score (nSPS) is 22.9. The molecule has 0 aromatic heterocycles. The van der Waals surface area contributed by atoms with E-state index in [-0.39, 0.29) is 17.6 Å². The fourth-order valence-electron chi connectivity index (χ4n) is 2.19. The highest BCUT2D eigenvalue weighted by atomic mass is 19.4. The number of carbonyl (C=O) groups is 1. The van der Waals surface area contributed by atoms with E-state index in [4.69, 9.17) is 5.73 Å². The Morgan fingerprint density at radius 2 is 2.00 bits per heavy atom. The van der Waals surface area contributed by atoms with Crippen LogP contribution >= 0.6 is 0 Å². The van der Waals surface area contributed by atoms with E-state index in [1.54, 1.807) is 0 Å². The van der Waals surface area contributed by atoms with Crippen LogP contribution in [-0.4, -0.2) is 30.1 Å². The summed E-state index contributed by atoms with van der Waals surface area (Å²) in [6, 6.07) is 4.21. The van der Waals surface area contributed by atoms with E-state index >= 15 is 0 Å². The Bertz CT molecular complexity index is 494. The van der Waals surface area contributed by atoms with Gasteiger partial charge in [0, 0.05) is 19.1 Å². The summed E-state index contributed by atoms with van der Waals surface area (Å²) in [7, 11) is 0. The number of amides is 2. The van der Waals surface area contributed by atoms with Gasteiger partial charge in [-0.15, -0.1) is 0 Å². The van der Waals surface area contributed by atoms with Crippen molar-refractivity contribution in [2.75, 3.05) is 18.4 Å². The molecule has 1 aromatic rings. The van der Waals surface area contributed by atoms with E-state index in [0.29, 0.717) is 13.1 Å². The van der Waals surface area contributed by atoms with E-state index in [0.717, 1.165) is 6.07 Å². The highest BCUT2D eigenvalue weighted by Gasteiger charge is 2.35. The Morgan fingerprint density at radius 3 is 2.55 bits per heavy atom. The molecule has 0 bridgehead atoms. The number of rotatable bonds is 1. The van der Waals surface area contributed by atoms with E-state index in [1.165, 1.54) is 23.1 Å². The Balaban J connectivity index is 2.13. The van der Waals surface area contributed by atoms with Crippen molar-refractivity contribution < 1.29 is 18.0 Å². The number of hydrogen-bond donors (Lipinski definition) is 2. The number of para-hydroxylation sites is 1. The van der Waals surface area contributed by atoms with E-state index < -0.39 is 17.8 Å². The van der Waals surface area contributed by atoms with Crippen LogP contribution in [0.3, 0.4) is 0 Å². The molecule has 0 saturated carbocycles. The summed E-state index contributed by atoms with van der Waals surface area (Å²) in [5.74, 6) is 0.138. The first kappa shape index (κ1) is 14.6. The van der Waals surface area contributed by atoms with Gasteiger partial charge in [0.1, 0.15) is 0 Å². The summed E-state index contributed by atoms with van der Waals surface area (Å²) >= 11 is 0. The number of urea groups is 1. The highest BCUT2D eigenvalue weighted by Crippen LogP contribution is 2.34. The molecule has 1 aromatic carbocycles. The van der Waals surface area contributed by atoms with Gasteiger partial charge in [0.15, 0.2) is 0 Å². The third-order valence-electron chi connectivity index (χ3n) is 3.43. The molecular weight excluding hydrogens is 271 g/mol. The zero-order chi connectivity index (χ0) is 14.9. The molecule has 2 amide bonds. The Labute approximate surface area is 114 Å². The number of nitrogens with one attached hydrogen (secondary N) is 1. The molecule has 20 heavy (non-hydrogen) atoms. The van der Waals surface area contributed by atoms with Crippen molar-refractivity contribution in [1.29, 1.82) is 0 Å². The van der Waals surface area contributed by atoms with Crippen molar-refractivity contribution in [2.45, 2.75) is 19.1 Å². The second-order valence-corrected chi connectivity index (χ2v) is 5.02. The number of nitrogens with zero attached hydrogens (tertiary/aromatic N) is 1. The van der Waals surface area contributed by atoms with Gasteiger partial charge in [-0.2, -0.15) is 13.2 Å². The van der Waals surface area contributed by atoms with Crippen LogP contribution in [0.5, 0.6) is 0 Å². The number of halogens is 3. The topological polar surface area (TPSA) is 58.4 Å². The van der Waals surface area contributed by atoms with Gasteiger partial charge in [-0.1, -0.05) is 19.1 Å². The van der Waals surface area contributed by atoms with Crippen LogP contribution in [0.1, 0.15) is 12.5 Å². The van der Waals surface area contributed by atoms with Crippen LogP contribution in [0.4, 0.5) is 23.7 Å². The molecule has 0 spiro atoms. The van der Waals surface area contributed by atoms with Crippen LogP contribution in [0.15, 0.2) is 24.3 Å². The number of nitrogens with two attached hydrogens (primary N) is 1. The maximum absolute atomic E-state index is 12.8. The molecular formula is C13H16F3N3O. The van der Waals surface area contributed by atoms with Crippen LogP contribution in [0, 0.1) is 5.92 Å². The molecule has 0 radical (unpaired) electrons. The lowest BCUT2D eigenvalue weighted by Gasteiger charge is -2.19. The van der Waals surface area contributed by atoms with Gasteiger partial charge in [0.2, 0.25) is 0 Å². The molecule has 0 aliphatic carbocycles. The monoisotopic (exact) mass is 287 g/mol. The maximum atomic E-state index is 12.8. The average Bonchev–Trinajstić information content (AvgIpc) is 2.69. The summed E-state index contributed by atoms with van der Waals surface area (Å²) < 4.78 is 38.4. The van der Waals surface area contributed by atoms with E-state index in [1.807, 2.05) is 6.92 Å². The van der Waals surface area contributed by atoms with Crippen LogP contribution in [0.2, 0.25) is 0 Å². The zero-order valence-corrected chi connectivity index (χ0v) is 10.9. The predicted octanol–water partition coefficient (Wildman–Crippen LogP) is 2.52. The van der Waals surface area contributed by atoms with Gasteiger partial charge >= 0.3 is 12.2 Å². The maximum Gasteiger partial charge on any atom is 0.418 e. The third kappa shape index (κ3) is 3.04. The molecule has 110 valence electrons. The second-order valence-electron chi connectivity index (χ2n) is 5.02. The molecule has 1 aliphatic heterocycles. The number of hydrogen-bond acceptors (Lipinski definition) is 2.